The van der Waals surface area contributed by atoms with Gasteiger partial charge >= 0.3 is 0 Å². The average Bonchev–Trinajstić information content (AvgIpc) is 3.01. The molecule has 2 fully saturated rings. The van der Waals surface area contributed by atoms with E-state index in [1.165, 1.54) is 6.42 Å². The molecule has 0 heterocycles. The molecule has 2 saturated carbocycles. The van der Waals surface area contributed by atoms with Crippen LogP contribution in [0.4, 0.5) is 0 Å². The van der Waals surface area contributed by atoms with Crippen LogP contribution in [0.1, 0.15) is 13.3 Å². The van der Waals surface area contributed by atoms with E-state index >= 15 is 0 Å². The molecule has 0 bridgehead atoms. The third-order valence-corrected chi connectivity index (χ3v) is 4.45. The molecule has 0 aromatic carbocycles. The second-order valence-corrected chi connectivity index (χ2v) is 5.33. The van der Waals surface area contributed by atoms with Crippen LogP contribution in [0.25, 0.3) is 0 Å². The van der Waals surface area contributed by atoms with E-state index in [4.69, 9.17) is 0 Å². The summed E-state index contributed by atoms with van der Waals surface area (Å²) in [4.78, 5) is 0. The summed E-state index contributed by atoms with van der Waals surface area (Å²) in [5.41, 5.74) is 4.73. The van der Waals surface area contributed by atoms with Crippen LogP contribution in [0, 0.1) is 23.7 Å². The molecule has 0 amide bonds. The SMILES string of the molecule is C/C=C1\C2=CC3CC3C=C2C2C=CC=CC12. The van der Waals surface area contributed by atoms with Crippen molar-refractivity contribution in [3.05, 3.63) is 59.3 Å². The van der Waals surface area contributed by atoms with E-state index in [1.807, 2.05) is 0 Å². The number of fused-ring (bicyclic) bond motifs is 4. The molecular formula is C16H16. The van der Waals surface area contributed by atoms with E-state index in [1.54, 1.807) is 16.7 Å². The van der Waals surface area contributed by atoms with Crippen molar-refractivity contribution in [2.75, 3.05) is 0 Å². The molecule has 0 N–H and O–H groups in total. The van der Waals surface area contributed by atoms with Crippen LogP contribution in [-0.4, -0.2) is 0 Å². The van der Waals surface area contributed by atoms with E-state index in [0.29, 0.717) is 11.8 Å². The van der Waals surface area contributed by atoms with Gasteiger partial charge in [-0.05, 0) is 41.9 Å². The fourth-order valence-electron chi connectivity index (χ4n) is 3.53. The van der Waals surface area contributed by atoms with Gasteiger partial charge in [0.1, 0.15) is 0 Å². The van der Waals surface area contributed by atoms with E-state index in [0.717, 1.165) is 11.8 Å². The van der Waals surface area contributed by atoms with Gasteiger partial charge in [0.15, 0.2) is 0 Å². The van der Waals surface area contributed by atoms with E-state index in [9.17, 15) is 0 Å². The zero-order chi connectivity index (χ0) is 10.7. The molecule has 0 spiro atoms. The van der Waals surface area contributed by atoms with Gasteiger partial charge in [-0.15, -0.1) is 0 Å². The molecule has 4 aliphatic rings. The Morgan fingerprint density at radius 3 is 2.62 bits per heavy atom. The van der Waals surface area contributed by atoms with Crippen molar-refractivity contribution < 1.29 is 0 Å². The molecule has 0 radical (unpaired) electrons. The molecule has 80 valence electrons. The lowest BCUT2D eigenvalue weighted by Gasteiger charge is -2.16. The number of hydrogen-bond donors (Lipinski definition) is 0. The second kappa shape index (κ2) is 2.88. The molecule has 4 unspecified atom stereocenters. The van der Waals surface area contributed by atoms with Gasteiger partial charge in [-0.1, -0.05) is 42.5 Å². The first-order valence-electron chi connectivity index (χ1n) is 6.34. The van der Waals surface area contributed by atoms with Gasteiger partial charge in [-0.2, -0.15) is 0 Å². The first-order valence-corrected chi connectivity index (χ1v) is 6.34. The first kappa shape index (κ1) is 8.81. The lowest BCUT2D eigenvalue weighted by molar-refractivity contribution is 0.663. The van der Waals surface area contributed by atoms with E-state index in [2.05, 4.69) is 49.5 Å². The van der Waals surface area contributed by atoms with Crippen LogP contribution in [-0.2, 0) is 0 Å². The van der Waals surface area contributed by atoms with Gasteiger partial charge in [0.2, 0.25) is 0 Å². The molecule has 0 nitrogen and oxygen atoms in total. The molecule has 16 heavy (non-hydrogen) atoms. The Kier molecular flexibility index (Phi) is 1.59. The minimum atomic E-state index is 0.616. The van der Waals surface area contributed by atoms with Crippen LogP contribution in [0.5, 0.6) is 0 Å². The van der Waals surface area contributed by atoms with Crippen molar-refractivity contribution >= 4 is 0 Å². The van der Waals surface area contributed by atoms with Crippen molar-refractivity contribution in [3.8, 4) is 0 Å². The maximum atomic E-state index is 2.55. The zero-order valence-corrected chi connectivity index (χ0v) is 9.56. The molecule has 0 heteroatoms. The molecular weight excluding hydrogens is 192 g/mol. The van der Waals surface area contributed by atoms with Crippen molar-refractivity contribution in [3.63, 3.8) is 0 Å². The summed E-state index contributed by atoms with van der Waals surface area (Å²) in [5.74, 6) is 2.98. The Labute approximate surface area is 96.7 Å². The largest absolute Gasteiger partial charge is 0.0832 e. The smallest absolute Gasteiger partial charge is 0.0128 e. The summed E-state index contributed by atoms with van der Waals surface area (Å²) in [7, 11) is 0. The molecule has 0 aromatic heterocycles. The number of hydrogen-bond acceptors (Lipinski definition) is 0. The molecule has 4 atom stereocenters. The van der Waals surface area contributed by atoms with Crippen LogP contribution in [0.15, 0.2) is 59.3 Å². The maximum absolute atomic E-state index is 2.55. The fourth-order valence-corrected chi connectivity index (χ4v) is 3.53. The Bertz CT molecular complexity index is 496. The van der Waals surface area contributed by atoms with Gasteiger partial charge < -0.3 is 0 Å². The van der Waals surface area contributed by atoms with Crippen LogP contribution >= 0.6 is 0 Å². The van der Waals surface area contributed by atoms with Crippen LogP contribution < -0.4 is 0 Å². The van der Waals surface area contributed by atoms with E-state index < -0.39 is 0 Å². The van der Waals surface area contributed by atoms with Gasteiger partial charge in [-0.25, -0.2) is 0 Å². The monoisotopic (exact) mass is 208 g/mol. The highest BCUT2D eigenvalue weighted by Gasteiger charge is 2.44. The van der Waals surface area contributed by atoms with Gasteiger partial charge in [0.05, 0.1) is 0 Å². The molecule has 4 rings (SSSR count). The topological polar surface area (TPSA) is 0 Å². The Morgan fingerprint density at radius 1 is 1.06 bits per heavy atom. The highest BCUT2D eigenvalue weighted by Crippen LogP contribution is 2.56. The Balaban J connectivity index is 1.90. The summed E-state index contributed by atoms with van der Waals surface area (Å²) < 4.78 is 0. The lowest BCUT2D eigenvalue weighted by atomic mass is 9.87. The summed E-state index contributed by atoms with van der Waals surface area (Å²) >= 11 is 0. The minimum absolute atomic E-state index is 0.616. The second-order valence-electron chi connectivity index (χ2n) is 5.33. The summed E-state index contributed by atoms with van der Waals surface area (Å²) in [6.45, 7) is 2.18. The minimum Gasteiger partial charge on any atom is -0.0832 e. The quantitative estimate of drug-likeness (QED) is 0.568. The molecule has 4 aliphatic carbocycles. The first-order chi connectivity index (χ1) is 7.88. The zero-order valence-electron chi connectivity index (χ0n) is 9.56. The maximum Gasteiger partial charge on any atom is 0.0128 e. The van der Waals surface area contributed by atoms with Crippen molar-refractivity contribution in [2.24, 2.45) is 23.7 Å². The van der Waals surface area contributed by atoms with Crippen molar-refractivity contribution in [2.45, 2.75) is 13.3 Å². The molecule has 0 aliphatic heterocycles. The summed E-state index contributed by atoms with van der Waals surface area (Å²) in [6.07, 6.45) is 17.9. The van der Waals surface area contributed by atoms with Gasteiger partial charge in [0.25, 0.3) is 0 Å². The van der Waals surface area contributed by atoms with Crippen LogP contribution in [0.3, 0.4) is 0 Å². The fraction of sp³-hybridized carbons (Fsp3) is 0.375. The summed E-state index contributed by atoms with van der Waals surface area (Å²) in [5, 5.41) is 0. The van der Waals surface area contributed by atoms with Gasteiger partial charge in [0, 0.05) is 11.8 Å². The summed E-state index contributed by atoms with van der Waals surface area (Å²) in [6, 6.07) is 0. The highest BCUT2D eigenvalue weighted by atomic mass is 14.5. The number of allylic oxidation sites excluding steroid dienone is 10. The third kappa shape index (κ3) is 1.000. The van der Waals surface area contributed by atoms with E-state index in [-0.39, 0.29) is 0 Å². The number of rotatable bonds is 0. The van der Waals surface area contributed by atoms with Crippen molar-refractivity contribution in [1.82, 2.24) is 0 Å². The Hall–Kier alpha value is -1.30. The Morgan fingerprint density at radius 2 is 1.81 bits per heavy atom. The van der Waals surface area contributed by atoms with Crippen LogP contribution in [0.2, 0.25) is 0 Å². The lowest BCUT2D eigenvalue weighted by Crippen LogP contribution is -2.07. The van der Waals surface area contributed by atoms with Crippen molar-refractivity contribution in [1.29, 1.82) is 0 Å². The average molecular weight is 208 g/mol. The molecule has 0 aromatic rings. The predicted octanol–water partition coefficient (Wildman–Crippen LogP) is 3.81. The standard InChI is InChI=1S/C16H16/c1-2-12-13-5-3-4-6-14(13)16-9-11-7-10(11)8-15(12)16/h2-6,8-11,13-14H,7H2,1H3/b12-2-. The normalized spacial score (nSPS) is 44.7. The predicted molar refractivity (Wildman–Crippen MR) is 66.8 cm³/mol. The third-order valence-electron chi connectivity index (χ3n) is 4.45. The van der Waals surface area contributed by atoms with Gasteiger partial charge in [-0.3, -0.25) is 0 Å². The highest BCUT2D eigenvalue weighted by molar-refractivity contribution is 5.62. The molecule has 0 saturated heterocycles.